The van der Waals surface area contributed by atoms with Gasteiger partial charge in [0.25, 0.3) is 5.69 Å². The maximum Gasteiger partial charge on any atom is 0.269 e. The number of nitrogens with zero attached hydrogens (tertiary/aromatic N) is 1. The minimum Gasteiger partial charge on any atom is -0.258 e. The molecule has 4 heteroatoms. The highest BCUT2D eigenvalue weighted by atomic mass is 32.2. The molecule has 0 amide bonds. The van der Waals surface area contributed by atoms with Crippen LogP contribution in [-0.4, -0.2) is 4.92 Å². The number of nitro groups is 1. The van der Waals surface area contributed by atoms with Gasteiger partial charge in [-0.25, -0.2) is 0 Å². The molecule has 0 bridgehead atoms. The summed E-state index contributed by atoms with van der Waals surface area (Å²) in [5.74, 6) is 0. The number of hydrogen-bond acceptors (Lipinski definition) is 3. The van der Waals surface area contributed by atoms with Gasteiger partial charge < -0.3 is 0 Å². The molecule has 0 saturated heterocycles. The predicted molar refractivity (Wildman–Crippen MR) is 83.2 cm³/mol. The van der Waals surface area contributed by atoms with Crippen LogP contribution in [0, 0.1) is 17.0 Å². The van der Waals surface area contributed by atoms with Crippen molar-refractivity contribution in [3.63, 3.8) is 0 Å². The molecule has 104 valence electrons. The number of non-ortho nitro benzene ring substituents is 1. The third-order valence-corrected chi connectivity index (χ3v) is 4.42. The highest BCUT2D eigenvalue weighted by Crippen LogP contribution is 2.41. The van der Waals surface area contributed by atoms with E-state index in [1.807, 2.05) is 12.1 Å². The number of aryl methyl sites for hydroxylation is 1. The molecule has 0 saturated carbocycles. The molecule has 2 rings (SSSR count). The Hall–Kier alpha value is -1.81. The molecule has 2 aromatic carbocycles. The van der Waals surface area contributed by atoms with E-state index in [9.17, 15) is 10.1 Å². The fourth-order valence-electron chi connectivity index (χ4n) is 1.94. The Kier molecular flexibility index (Phi) is 4.14. The van der Waals surface area contributed by atoms with Gasteiger partial charge in [0.2, 0.25) is 0 Å². The number of benzene rings is 2. The van der Waals surface area contributed by atoms with Crippen molar-refractivity contribution in [1.29, 1.82) is 0 Å². The first-order chi connectivity index (χ1) is 9.38. The lowest BCUT2D eigenvalue weighted by Crippen LogP contribution is -2.11. The average molecular weight is 287 g/mol. The lowest BCUT2D eigenvalue weighted by molar-refractivity contribution is -0.384. The number of rotatable bonds is 4. The Labute approximate surface area is 123 Å². The van der Waals surface area contributed by atoms with Crippen molar-refractivity contribution in [2.45, 2.75) is 30.4 Å². The molecule has 0 aliphatic carbocycles. The van der Waals surface area contributed by atoms with E-state index in [2.05, 4.69) is 45.0 Å². The van der Waals surface area contributed by atoms with Gasteiger partial charge in [0, 0.05) is 21.8 Å². The second-order valence-electron chi connectivity index (χ2n) is 5.23. The first kappa shape index (κ1) is 14.6. The van der Waals surface area contributed by atoms with Crippen molar-refractivity contribution in [3.8, 4) is 0 Å². The molecular weight excluding hydrogens is 270 g/mol. The first-order valence-corrected chi connectivity index (χ1v) is 7.21. The zero-order valence-electron chi connectivity index (χ0n) is 11.8. The van der Waals surface area contributed by atoms with Crippen molar-refractivity contribution in [2.75, 3.05) is 0 Å². The van der Waals surface area contributed by atoms with Crippen molar-refractivity contribution < 1.29 is 4.92 Å². The molecule has 2 aromatic rings. The SMILES string of the molecule is Cc1ccc(SC(C)(C)c2ccc([N+](=O)[O-])cc2)cc1. The monoisotopic (exact) mass is 287 g/mol. The number of nitro benzene ring substituents is 1. The molecule has 0 aliphatic rings. The number of thioether (sulfide) groups is 1. The quantitative estimate of drug-likeness (QED) is 0.455. The van der Waals surface area contributed by atoms with Crippen molar-refractivity contribution in [1.82, 2.24) is 0 Å². The summed E-state index contributed by atoms with van der Waals surface area (Å²) in [5, 5.41) is 10.7. The van der Waals surface area contributed by atoms with Crippen molar-refractivity contribution in [2.24, 2.45) is 0 Å². The summed E-state index contributed by atoms with van der Waals surface area (Å²) in [6.45, 7) is 6.31. The maximum absolute atomic E-state index is 10.7. The van der Waals surface area contributed by atoms with E-state index in [1.165, 1.54) is 10.5 Å². The summed E-state index contributed by atoms with van der Waals surface area (Å²) in [5.41, 5.74) is 2.45. The topological polar surface area (TPSA) is 43.1 Å². The van der Waals surface area contributed by atoms with Crippen LogP contribution in [0.1, 0.15) is 25.0 Å². The molecule has 0 spiro atoms. The summed E-state index contributed by atoms with van der Waals surface area (Å²) in [4.78, 5) is 11.5. The standard InChI is InChI=1S/C16H17NO2S/c1-12-4-10-15(11-5-12)20-16(2,3)13-6-8-14(9-7-13)17(18)19/h4-11H,1-3H3. The van der Waals surface area contributed by atoms with E-state index < -0.39 is 0 Å². The van der Waals surface area contributed by atoms with Gasteiger partial charge in [-0.3, -0.25) is 10.1 Å². The largest absolute Gasteiger partial charge is 0.269 e. The first-order valence-electron chi connectivity index (χ1n) is 6.39. The van der Waals surface area contributed by atoms with Gasteiger partial charge in [-0.2, -0.15) is 0 Å². The van der Waals surface area contributed by atoms with E-state index in [1.54, 1.807) is 23.9 Å². The van der Waals surface area contributed by atoms with Gasteiger partial charge in [0.05, 0.1) is 4.92 Å². The van der Waals surface area contributed by atoms with Gasteiger partial charge in [0.1, 0.15) is 0 Å². The van der Waals surface area contributed by atoms with Crippen LogP contribution in [0.15, 0.2) is 53.4 Å². The minimum atomic E-state index is -0.371. The van der Waals surface area contributed by atoms with Crippen LogP contribution in [0.2, 0.25) is 0 Å². The molecule has 3 nitrogen and oxygen atoms in total. The predicted octanol–water partition coefficient (Wildman–Crippen LogP) is 4.93. The zero-order valence-corrected chi connectivity index (χ0v) is 12.6. The Morgan fingerprint density at radius 3 is 2.05 bits per heavy atom. The van der Waals surface area contributed by atoms with Crippen molar-refractivity contribution in [3.05, 3.63) is 69.8 Å². The minimum absolute atomic E-state index is 0.130. The summed E-state index contributed by atoms with van der Waals surface area (Å²) in [7, 11) is 0. The van der Waals surface area contributed by atoms with E-state index in [0.717, 1.165) is 5.56 Å². The van der Waals surface area contributed by atoms with Crippen LogP contribution >= 0.6 is 11.8 Å². The molecule has 0 atom stereocenters. The van der Waals surface area contributed by atoms with E-state index in [4.69, 9.17) is 0 Å². The van der Waals surface area contributed by atoms with Gasteiger partial charge in [-0.1, -0.05) is 29.8 Å². The second kappa shape index (κ2) is 5.67. The highest BCUT2D eigenvalue weighted by Gasteiger charge is 2.22. The van der Waals surface area contributed by atoms with E-state index >= 15 is 0 Å². The Morgan fingerprint density at radius 2 is 1.55 bits per heavy atom. The zero-order chi connectivity index (χ0) is 14.8. The summed E-state index contributed by atoms with van der Waals surface area (Å²) in [6.07, 6.45) is 0. The van der Waals surface area contributed by atoms with Gasteiger partial charge in [-0.05, 0) is 38.5 Å². The lowest BCUT2D eigenvalue weighted by atomic mass is 10.0. The summed E-state index contributed by atoms with van der Waals surface area (Å²) < 4.78 is -0.135. The molecule has 0 unspecified atom stereocenters. The third-order valence-electron chi connectivity index (χ3n) is 3.17. The molecule has 0 aromatic heterocycles. The molecular formula is C16H17NO2S. The van der Waals surface area contributed by atoms with Gasteiger partial charge in [0.15, 0.2) is 0 Å². The Balaban J connectivity index is 2.20. The Bertz CT molecular complexity index is 603. The summed E-state index contributed by atoms with van der Waals surface area (Å²) >= 11 is 1.75. The molecule has 20 heavy (non-hydrogen) atoms. The maximum atomic E-state index is 10.7. The molecule has 0 fully saturated rings. The van der Waals surface area contributed by atoms with Crippen LogP contribution in [0.3, 0.4) is 0 Å². The fourth-order valence-corrected chi connectivity index (χ4v) is 3.06. The number of hydrogen-bond donors (Lipinski definition) is 0. The second-order valence-corrected chi connectivity index (χ2v) is 6.93. The smallest absolute Gasteiger partial charge is 0.258 e. The molecule has 0 aliphatic heterocycles. The van der Waals surface area contributed by atoms with E-state index in [0.29, 0.717) is 0 Å². The van der Waals surface area contributed by atoms with Crippen LogP contribution in [0.5, 0.6) is 0 Å². The van der Waals surface area contributed by atoms with Crippen LogP contribution in [0.25, 0.3) is 0 Å². The molecule has 0 heterocycles. The average Bonchev–Trinajstić information content (AvgIpc) is 2.41. The van der Waals surface area contributed by atoms with Crippen molar-refractivity contribution >= 4 is 17.4 Å². The third kappa shape index (κ3) is 3.39. The van der Waals surface area contributed by atoms with Gasteiger partial charge >= 0.3 is 0 Å². The summed E-state index contributed by atoms with van der Waals surface area (Å²) in [6, 6.07) is 15.2. The molecule has 0 radical (unpaired) electrons. The highest BCUT2D eigenvalue weighted by molar-refractivity contribution is 8.00. The van der Waals surface area contributed by atoms with Crippen LogP contribution in [-0.2, 0) is 4.75 Å². The fraction of sp³-hybridized carbons (Fsp3) is 0.250. The van der Waals surface area contributed by atoms with Crippen LogP contribution in [0.4, 0.5) is 5.69 Å². The Morgan fingerprint density at radius 1 is 1.00 bits per heavy atom. The molecule has 0 N–H and O–H groups in total. The normalized spacial score (nSPS) is 11.3. The van der Waals surface area contributed by atoms with E-state index in [-0.39, 0.29) is 15.4 Å². The lowest BCUT2D eigenvalue weighted by Gasteiger charge is -2.24. The van der Waals surface area contributed by atoms with Crippen LogP contribution < -0.4 is 0 Å². The van der Waals surface area contributed by atoms with Gasteiger partial charge in [-0.15, -0.1) is 11.8 Å².